The number of carbonyl (C=O) groups is 2. The molecule has 29 heavy (non-hydrogen) atoms. The summed E-state index contributed by atoms with van der Waals surface area (Å²) in [7, 11) is 0. The van der Waals surface area contributed by atoms with Crippen LogP contribution in [-0.2, 0) is 22.7 Å². The third kappa shape index (κ3) is 4.87. The number of nitrogens with zero attached hydrogens (tertiary/aromatic N) is 2. The van der Waals surface area contributed by atoms with Crippen LogP contribution in [0, 0.1) is 6.92 Å². The van der Waals surface area contributed by atoms with E-state index in [1.165, 1.54) is 6.20 Å². The zero-order valence-corrected chi connectivity index (χ0v) is 16.5. The average molecular weight is 393 g/mol. The fourth-order valence-electron chi connectivity index (χ4n) is 2.97. The van der Waals surface area contributed by atoms with Gasteiger partial charge in [-0.1, -0.05) is 30.3 Å². The standard InChI is InChI=1S/C22H23N3O4/c1-3-25-13-17(21(27)20-18(25)11-15(2)12-24-20)22(28)23-10-9-19(26)29-14-16-7-5-4-6-8-16/h4-8,11-13H,3,9-10,14H2,1-2H3,(H,23,28). The number of rotatable bonds is 7. The summed E-state index contributed by atoms with van der Waals surface area (Å²) in [6.07, 6.45) is 3.16. The lowest BCUT2D eigenvalue weighted by atomic mass is 10.1. The molecule has 2 heterocycles. The summed E-state index contributed by atoms with van der Waals surface area (Å²) < 4.78 is 7.00. The summed E-state index contributed by atoms with van der Waals surface area (Å²) in [6, 6.07) is 11.2. The van der Waals surface area contributed by atoms with Gasteiger partial charge in [0.15, 0.2) is 0 Å². The van der Waals surface area contributed by atoms with Crippen molar-refractivity contribution in [2.75, 3.05) is 6.54 Å². The Hall–Kier alpha value is -3.48. The summed E-state index contributed by atoms with van der Waals surface area (Å²) in [4.78, 5) is 41.2. The van der Waals surface area contributed by atoms with Crippen LogP contribution in [0.4, 0.5) is 0 Å². The number of benzene rings is 1. The number of fused-ring (bicyclic) bond motifs is 1. The average Bonchev–Trinajstić information content (AvgIpc) is 2.73. The van der Waals surface area contributed by atoms with Gasteiger partial charge in [-0.25, -0.2) is 0 Å². The quantitative estimate of drug-likeness (QED) is 0.623. The molecule has 7 heteroatoms. The Labute approximate surface area is 168 Å². The molecule has 0 fully saturated rings. The van der Waals surface area contributed by atoms with E-state index >= 15 is 0 Å². The summed E-state index contributed by atoms with van der Waals surface area (Å²) in [6.45, 7) is 4.68. The van der Waals surface area contributed by atoms with Gasteiger partial charge in [0.1, 0.15) is 17.7 Å². The van der Waals surface area contributed by atoms with Crippen LogP contribution in [0.25, 0.3) is 11.0 Å². The molecule has 0 saturated heterocycles. The van der Waals surface area contributed by atoms with Crippen LogP contribution in [0.1, 0.15) is 34.8 Å². The Bertz CT molecular complexity index is 1090. The molecule has 1 N–H and O–H groups in total. The minimum atomic E-state index is -0.530. The predicted molar refractivity (Wildman–Crippen MR) is 110 cm³/mol. The molecule has 1 aromatic carbocycles. The molecule has 3 aromatic rings. The highest BCUT2D eigenvalue weighted by atomic mass is 16.5. The first kappa shape index (κ1) is 20.3. The molecule has 0 aliphatic carbocycles. The van der Waals surface area contributed by atoms with Gasteiger partial charge in [0.05, 0.1) is 11.9 Å². The summed E-state index contributed by atoms with van der Waals surface area (Å²) in [5.41, 5.74) is 2.36. The number of aryl methyl sites for hydroxylation is 2. The van der Waals surface area contributed by atoms with Crippen LogP contribution in [0.2, 0.25) is 0 Å². The van der Waals surface area contributed by atoms with Gasteiger partial charge in [0.25, 0.3) is 5.91 Å². The fraction of sp³-hybridized carbons (Fsp3) is 0.273. The van der Waals surface area contributed by atoms with E-state index in [1.807, 2.05) is 54.8 Å². The molecule has 0 aliphatic heterocycles. The lowest BCUT2D eigenvalue weighted by molar-refractivity contribution is -0.144. The Morgan fingerprint density at radius 3 is 2.69 bits per heavy atom. The van der Waals surface area contributed by atoms with E-state index in [-0.39, 0.29) is 30.7 Å². The third-order valence-corrected chi connectivity index (χ3v) is 4.50. The lowest BCUT2D eigenvalue weighted by Crippen LogP contribution is -2.31. The molecule has 0 atom stereocenters. The molecule has 150 valence electrons. The van der Waals surface area contributed by atoms with Crippen molar-refractivity contribution >= 4 is 22.9 Å². The molecular weight excluding hydrogens is 370 g/mol. The van der Waals surface area contributed by atoms with Crippen LogP contribution in [0.3, 0.4) is 0 Å². The first-order valence-electron chi connectivity index (χ1n) is 9.47. The van der Waals surface area contributed by atoms with Gasteiger partial charge >= 0.3 is 5.97 Å². The Morgan fingerprint density at radius 2 is 1.97 bits per heavy atom. The van der Waals surface area contributed by atoms with E-state index < -0.39 is 17.3 Å². The third-order valence-electron chi connectivity index (χ3n) is 4.50. The monoisotopic (exact) mass is 393 g/mol. The maximum Gasteiger partial charge on any atom is 0.307 e. The number of hydrogen-bond acceptors (Lipinski definition) is 5. The summed E-state index contributed by atoms with van der Waals surface area (Å²) in [5.74, 6) is -0.951. The highest BCUT2D eigenvalue weighted by molar-refractivity contribution is 5.96. The van der Waals surface area contributed by atoms with E-state index in [0.29, 0.717) is 12.1 Å². The minimum Gasteiger partial charge on any atom is -0.461 e. The number of aromatic nitrogens is 2. The zero-order valence-electron chi connectivity index (χ0n) is 16.5. The number of nitrogens with one attached hydrogen (secondary N) is 1. The molecule has 1 amide bonds. The van der Waals surface area contributed by atoms with Crippen molar-refractivity contribution in [1.29, 1.82) is 0 Å². The van der Waals surface area contributed by atoms with Crippen molar-refractivity contribution in [2.45, 2.75) is 33.4 Å². The zero-order chi connectivity index (χ0) is 20.8. The second-order valence-electron chi connectivity index (χ2n) is 6.69. The van der Waals surface area contributed by atoms with Crippen molar-refractivity contribution in [3.8, 4) is 0 Å². The molecule has 0 bridgehead atoms. The number of carbonyl (C=O) groups excluding carboxylic acids is 2. The van der Waals surface area contributed by atoms with Crippen molar-refractivity contribution < 1.29 is 14.3 Å². The Balaban J connectivity index is 1.63. The van der Waals surface area contributed by atoms with Gasteiger partial charge in [0.2, 0.25) is 5.43 Å². The molecule has 2 aromatic heterocycles. The lowest BCUT2D eigenvalue weighted by Gasteiger charge is -2.12. The first-order valence-corrected chi connectivity index (χ1v) is 9.47. The number of pyridine rings is 2. The van der Waals surface area contributed by atoms with Crippen LogP contribution < -0.4 is 10.7 Å². The van der Waals surface area contributed by atoms with E-state index in [0.717, 1.165) is 11.1 Å². The van der Waals surface area contributed by atoms with Gasteiger partial charge in [-0.3, -0.25) is 19.4 Å². The fourth-order valence-corrected chi connectivity index (χ4v) is 2.97. The van der Waals surface area contributed by atoms with E-state index in [9.17, 15) is 14.4 Å². The second kappa shape index (κ2) is 9.14. The van der Waals surface area contributed by atoms with Gasteiger partial charge in [-0.2, -0.15) is 0 Å². The molecule has 0 spiro atoms. The molecule has 0 saturated carbocycles. The smallest absolute Gasteiger partial charge is 0.307 e. The van der Waals surface area contributed by atoms with Gasteiger partial charge < -0.3 is 14.6 Å². The first-order chi connectivity index (χ1) is 14.0. The number of ether oxygens (including phenoxy) is 1. The molecule has 0 radical (unpaired) electrons. The van der Waals surface area contributed by atoms with Crippen LogP contribution >= 0.6 is 0 Å². The molecule has 0 aliphatic rings. The van der Waals surface area contributed by atoms with Crippen molar-refractivity contribution in [3.63, 3.8) is 0 Å². The van der Waals surface area contributed by atoms with Crippen molar-refractivity contribution in [2.24, 2.45) is 0 Å². The maximum absolute atomic E-state index is 12.7. The highest BCUT2D eigenvalue weighted by Gasteiger charge is 2.16. The predicted octanol–water partition coefficient (Wildman–Crippen LogP) is 2.59. The molecular formula is C22H23N3O4. The van der Waals surface area contributed by atoms with Gasteiger partial charge in [-0.15, -0.1) is 0 Å². The summed E-state index contributed by atoms with van der Waals surface area (Å²) >= 11 is 0. The van der Waals surface area contributed by atoms with Crippen LogP contribution in [0.15, 0.2) is 53.6 Å². The van der Waals surface area contributed by atoms with Crippen molar-refractivity contribution in [1.82, 2.24) is 14.9 Å². The van der Waals surface area contributed by atoms with E-state index in [4.69, 9.17) is 4.74 Å². The second-order valence-corrected chi connectivity index (χ2v) is 6.69. The van der Waals surface area contributed by atoms with Crippen LogP contribution in [-0.4, -0.2) is 28.0 Å². The summed E-state index contributed by atoms with van der Waals surface area (Å²) in [5, 5.41) is 2.62. The van der Waals surface area contributed by atoms with Crippen LogP contribution in [0.5, 0.6) is 0 Å². The largest absolute Gasteiger partial charge is 0.461 e. The molecule has 7 nitrogen and oxygen atoms in total. The SMILES string of the molecule is CCn1cc(C(=O)NCCC(=O)OCc2ccccc2)c(=O)c2ncc(C)cc21. The number of esters is 1. The molecule has 3 rings (SSSR count). The Kier molecular flexibility index (Phi) is 6.39. The topological polar surface area (TPSA) is 90.3 Å². The number of hydrogen-bond donors (Lipinski definition) is 1. The van der Waals surface area contributed by atoms with E-state index in [1.54, 1.807) is 6.20 Å². The minimum absolute atomic E-state index is 0.00774. The van der Waals surface area contributed by atoms with Crippen molar-refractivity contribution in [3.05, 3.63) is 75.7 Å². The van der Waals surface area contributed by atoms with Gasteiger partial charge in [-0.05, 0) is 31.0 Å². The van der Waals surface area contributed by atoms with E-state index in [2.05, 4.69) is 10.3 Å². The van der Waals surface area contributed by atoms with Gasteiger partial charge in [0, 0.05) is 25.5 Å². The maximum atomic E-state index is 12.7. The number of amides is 1. The highest BCUT2D eigenvalue weighted by Crippen LogP contribution is 2.12. The Morgan fingerprint density at radius 1 is 1.21 bits per heavy atom. The molecule has 0 unspecified atom stereocenters. The normalized spacial score (nSPS) is 10.7.